The van der Waals surface area contributed by atoms with Gasteiger partial charge in [-0.2, -0.15) is 0 Å². The predicted octanol–water partition coefficient (Wildman–Crippen LogP) is -2.16. The van der Waals surface area contributed by atoms with Crippen LogP contribution >= 0.6 is 0 Å². The van der Waals surface area contributed by atoms with E-state index in [4.69, 9.17) is 15.3 Å². The lowest BCUT2D eigenvalue weighted by atomic mass is 10.4. The van der Waals surface area contributed by atoms with Crippen LogP contribution < -0.4 is 5.73 Å². The molecule has 0 aromatic carbocycles. The van der Waals surface area contributed by atoms with Crippen molar-refractivity contribution < 1.29 is 15.3 Å². The van der Waals surface area contributed by atoms with Gasteiger partial charge in [0.05, 0.1) is 19.8 Å². The van der Waals surface area contributed by atoms with Crippen LogP contribution in [0.1, 0.15) is 0 Å². The lowest BCUT2D eigenvalue weighted by Crippen LogP contribution is -2.32. The minimum absolute atomic E-state index is 0.0694. The number of nitrogens with zero attached hydrogens (tertiary/aromatic N) is 1. The fourth-order valence-corrected chi connectivity index (χ4v) is 0.760. The zero-order chi connectivity index (χ0) is 9.82. The molecule has 0 aliphatic carbocycles. The normalized spacial score (nSPS) is 9.50. The Bertz CT molecular complexity index is 59.4. The molecule has 0 heterocycles. The van der Waals surface area contributed by atoms with Gasteiger partial charge in [0.15, 0.2) is 0 Å². The molecule has 0 atom stereocenters. The number of hydrogen-bond donors (Lipinski definition) is 4. The predicted molar refractivity (Wildman–Crippen MR) is 47.8 cm³/mol. The minimum atomic E-state index is 0.0694. The first-order valence-electron chi connectivity index (χ1n) is 3.97. The van der Waals surface area contributed by atoms with E-state index in [1.165, 1.54) is 7.05 Å². The Labute approximate surface area is 73.4 Å². The van der Waals surface area contributed by atoms with Gasteiger partial charge in [0.2, 0.25) is 0 Å². The third kappa shape index (κ3) is 9.80. The molecule has 12 heavy (non-hydrogen) atoms. The molecule has 0 aromatic rings. The third-order valence-electron chi connectivity index (χ3n) is 1.25. The highest BCUT2D eigenvalue weighted by molar-refractivity contribution is 4.54. The van der Waals surface area contributed by atoms with Gasteiger partial charge in [0.25, 0.3) is 0 Å². The molecule has 0 bridgehead atoms. The van der Waals surface area contributed by atoms with Gasteiger partial charge in [0.1, 0.15) is 0 Å². The van der Waals surface area contributed by atoms with Gasteiger partial charge in [-0.1, -0.05) is 0 Å². The summed E-state index contributed by atoms with van der Waals surface area (Å²) in [7, 11) is 1.50. The van der Waals surface area contributed by atoms with Gasteiger partial charge >= 0.3 is 0 Å². The first-order valence-corrected chi connectivity index (χ1v) is 3.97. The Morgan fingerprint density at radius 1 is 0.833 bits per heavy atom. The zero-order valence-corrected chi connectivity index (χ0v) is 7.61. The SMILES string of the molecule is CN.OCCN(CCO)CCO. The average molecular weight is 180 g/mol. The molecule has 0 aromatic heterocycles. The van der Waals surface area contributed by atoms with E-state index < -0.39 is 0 Å². The maximum Gasteiger partial charge on any atom is 0.0558 e. The van der Waals surface area contributed by atoms with Gasteiger partial charge in [-0.3, -0.25) is 4.90 Å². The molecule has 0 aliphatic heterocycles. The van der Waals surface area contributed by atoms with E-state index in [1.54, 1.807) is 4.90 Å². The van der Waals surface area contributed by atoms with Crippen LogP contribution in [-0.2, 0) is 0 Å². The van der Waals surface area contributed by atoms with Crippen molar-refractivity contribution in [3.8, 4) is 0 Å². The number of aliphatic hydroxyl groups excluding tert-OH is 3. The molecule has 0 saturated carbocycles. The Kier molecular flexibility index (Phi) is 16.0. The summed E-state index contributed by atoms with van der Waals surface area (Å²) < 4.78 is 0. The number of nitrogens with two attached hydrogens (primary N) is 1. The van der Waals surface area contributed by atoms with Crippen molar-refractivity contribution in [2.24, 2.45) is 5.73 Å². The lowest BCUT2D eigenvalue weighted by Gasteiger charge is -2.17. The highest BCUT2D eigenvalue weighted by Crippen LogP contribution is 1.84. The summed E-state index contributed by atoms with van der Waals surface area (Å²) in [6, 6.07) is 0. The van der Waals surface area contributed by atoms with Crippen molar-refractivity contribution in [1.82, 2.24) is 4.90 Å². The number of hydrogen-bond acceptors (Lipinski definition) is 5. The second-order valence-electron chi connectivity index (χ2n) is 2.01. The molecule has 0 fully saturated rings. The molecule has 0 rings (SSSR count). The van der Waals surface area contributed by atoms with Gasteiger partial charge < -0.3 is 21.1 Å². The molecule has 0 saturated heterocycles. The van der Waals surface area contributed by atoms with Crippen LogP contribution in [0.2, 0.25) is 0 Å². The Balaban J connectivity index is 0. The van der Waals surface area contributed by atoms with Crippen LogP contribution in [0.15, 0.2) is 0 Å². The van der Waals surface area contributed by atoms with Gasteiger partial charge in [-0.25, -0.2) is 0 Å². The Hall–Kier alpha value is -0.200. The first kappa shape index (κ1) is 14.3. The van der Waals surface area contributed by atoms with Crippen LogP contribution in [0.4, 0.5) is 0 Å². The smallest absolute Gasteiger partial charge is 0.0558 e. The summed E-state index contributed by atoms with van der Waals surface area (Å²) in [5.74, 6) is 0. The molecule has 5 nitrogen and oxygen atoms in total. The molecule has 0 spiro atoms. The topological polar surface area (TPSA) is 90.0 Å². The molecule has 5 heteroatoms. The van der Waals surface area contributed by atoms with Crippen LogP contribution in [0.25, 0.3) is 0 Å². The van der Waals surface area contributed by atoms with Gasteiger partial charge in [-0.15, -0.1) is 0 Å². The van der Waals surface area contributed by atoms with Crippen molar-refractivity contribution in [2.75, 3.05) is 46.5 Å². The monoisotopic (exact) mass is 180 g/mol. The number of aliphatic hydroxyl groups is 3. The minimum Gasteiger partial charge on any atom is -0.395 e. The summed E-state index contributed by atoms with van der Waals surface area (Å²) in [5.41, 5.74) is 4.50. The zero-order valence-electron chi connectivity index (χ0n) is 7.61. The standard InChI is InChI=1S/C6H15NO3.CH5N/c8-4-1-7(2-5-9)3-6-10;1-2/h8-10H,1-6H2;2H2,1H3. The van der Waals surface area contributed by atoms with Crippen LogP contribution in [0, 0.1) is 0 Å². The van der Waals surface area contributed by atoms with E-state index in [9.17, 15) is 0 Å². The summed E-state index contributed by atoms with van der Waals surface area (Å²) in [4.78, 5) is 1.79. The van der Waals surface area contributed by atoms with E-state index >= 15 is 0 Å². The van der Waals surface area contributed by atoms with Crippen LogP contribution in [0.3, 0.4) is 0 Å². The summed E-state index contributed by atoms with van der Waals surface area (Å²) in [6.07, 6.45) is 0. The molecule has 0 unspecified atom stereocenters. The second kappa shape index (κ2) is 13.4. The van der Waals surface area contributed by atoms with E-state index in [0.717, 1.165) is 0 Å². The Morgan fingerprint density at radius 2 is 1.08 bits per heavy atom. The largest absolute Gasteiger partial charge is 0.395 e. The maximum atomic E-state index is 8.48. The molecule has 0 aliphatic rings. The molecule has 5 N–H and O–H groups in total. The fraction of sp³-hybridized carbons (Fsp3) is 1.00. The molecule has 76 valence electrons. The van der Waals surface area contributed by atoms with Crippen molar-refractivity contribution in [3.05, 3.63) is 0 Å². The highest BCUT2D eigenvalue weighted by Gasteiger charge is 2.00. The van der Waals surface area contributed by atoms with E-state index in [-0.39, 0.29) is 19.8 Å². The Morgan fingerprint density at radius 3 is 1.25 bits per heavy atom. The van der Waals surface area contributed by atoms with Crippen molar-refractivity contribution in [3.63, 3.8) is 0 Å². The fourth-order valence-electron chi connectivity index (χ4n) is 0.760. The van der Waals surface area contributed by atoms with Gasteiger partial charge in [0, 0.05) is 19.6 Å². The van der Waals surface area contributed by atoms with Crippen molar-refractivity contribution >= 4 is 0 Å². The van der Waals surface area contributed by atoms with Crippen LogP contribution in [-0.4, -0.2) is 66.7 Å². The van der Waals surface area contributed by atoms with E-state index in [0.29, 0.717) is 19.6 Å². The summed E-state index contributed by atoms with van der Waals surface area (Å²) >= 11 is 0. The molecule has 0 radical (unpaired) electrons. The summed E-state index contributed by atoms with van der Waals surface area (Å²) in [5, 5.41) is 25.5. The molecular weight excluding hydrogens is 160 g/mol. The number of rotatable bonds is 6. The molecular formula is C7H20N2O3. The van der Waals surface area contributed by atoms with Crippen molar-refractivity contribution in [1.29, 1.82) is 0 Å². The first-order chi connectivity index (χ1) is 5.85. The molecule has 0 amide bonds. The van der Waals surface area contributed by atoms with Crippen LogP contribution in [0.5, 0.6) is 0 Å². The van der Waals surface area contributed by atoms with Gasteiger partial charge in [-0.05, 0) is 7.05 Å². The quantitative estimate of drug-likeness (QED) is 0.374. The highest BCUT2D eigenvalue weighted by atomic mass is 16.3. The summed E-state index contributed by atoms with van der Waals surface area (Å²) in [6.45, 7) is 1.75. The maximum absolute atomic E-state index is 8.48. The third-order valence-corrected chi connectivity index (χ3v) is 1.25. The van der Waals surface area contributed by atoms with E-state index in [1.807, 2.05) is 0 Å². The second-order valence-corrected chi connectivity index (χ2v) is 2.01. The van der Waals surface area contributed by atoms with Crippen molar-refractivity contribution in [2.45, 2.75) is 0 Å². The lowest BCUT2D eigenvalue weighted by molar-refractivity contribution is 0.136. The average Bonchev–Trinajstić information content (AvgIpc) is 2.10. The van der Waals surface area contributed by atoms with E-state index in [2.05, 4.69) is 5.73 Å².